The summed E-state index contributed by atoms with van der Waals surface area (Å²) in [6, 6.07) is 9.48. The highest BCUT2D eigenvalue weighted by atomic mass is 16.2. The molecule has 0 unspecified atom stereocenters. The van der Waals surface area contributed by atoms with Gasteiger partial charge in [-0.2, -0.15) is 0 Å². The third-order valence-electron chi connectivity index (χ3n) is 7.95. The molecule has 2 aliphatic heterocycles. The van der Waals surface area contributed by atoms with Crippen LogP contribution >= 0.6 is 0 Å². The smallest absolute Gasteiger partial charge is 0.225 e. The molecular weight excluding hydrogens is 320 g/mol. The van der Waals surface area contributed by atoms with Crippen LogP contribution in [0, 0.1) is 11.3 Å². The van der Waals surface area contributed by atoms with Gasteiger partial charge >= 0.3 is 0 Å². The minimum Gasteiger partial charge on any atom is -0.368 e. The zero-order valence-corrected chi connectivity index (χ0v) is 16.0. The van der Waals surface area contributed by atoms with E-state index in [1.54, 1.807) is 0 Å². The van der Waals surface area contributed by atoms with E-state index in [0.29, 0.717) is 23.3 Å². The van der Waals surface area contributed by atoms with Gasteiger partial charge in [0.25, 0.3) is 0 Å². The summed E-state index contributed by atoms with van der Waals surface area (Å²) in [5.41, 5.74) is 3.60. The molecule has 3 nitrogen and oxygen atoms in total. The molecule has 140 valence electrons. The molecule has 2 heterocycles. The van der Waals surface area contributed by atoms with Crippen LogP contribution in [0.25, 0.3) is 0 Å². The van der Waals surface area contributed by atoms with Crippen molar-refractivity contribution < 1.29 is 4.79 Å². The zero-order chi connectivity index (χ0) is 17.6. The van der Waals surface area contributed by atoms with Crippen LogP contribution in [-0.4, -0.2) is 36.5 Å². The van der Waals surface area contributed by atoms with Crippen molar-refractivity contribution in [1.82, 2.24) is 4.90 Å². The number of hydrogen-bond acceptors (Lipinski definition) is 2. The van der Waals surface area contributed by atoms with E-state index in [1.807, 2.05) is 0 Å². The number of rotatable bonds is 2. The van der Waals surface area contributed by atoms with Crippen LogP contribution in [0.2, 0.25) is 0 Å². The van der Waals surface area contributed by atoms with Crippen molar-refractivity contribution in [3.05, 3.63) is 29.8 Å². The molecule has 3 heteroatoms. The molecule has 0 aromatic heterocycles. The number of nitrogens with zero attached hydrogens (tertiary/aromatic N) is 2. The van der Waals surface area contributed by atoms with Gasteiger partial charge in [0.05, 0.1) is 0 Å². The third kappa shape index (κ3) is 2.84. The van der Waals surface area contributed by atoms with Gasteiger partial charge < -0.3 is 9.80 Å². The Bertz CT molecular complexity index is 663. The Hall–Kier alpha value is -1.51. The Morgan fingerprint density at radius 3 is 2.35 bits per heavy atom. The molecule has 1 spiro atoms. The van der Waals surface area contributed by atoms with Crippen molar-refractivity contribution >= 4 is 11.6 Å². The summed E-state index contributed by atoms with van der Waals surface area (Å²) in [5, 5.41) is 0. The number of carbonyl (C=O) groups excluding carboxylic acids is 1. The van der Waals surface area contributed by atoms with E-state index in [9.17, 15) is 4.79 Å². The van der Waals surface area contributed by atoms with E-state index in [2.05, 4.69) is 34.1 Å². The van der Waals surface area contributed by atoms with Crippen molar-refractivity contribution in [3.63, 3.8) is 0 Å². The average molecular weight is 353 g/mol. The molecule has 0 radical (unpaired) electrons. The van der Waals surface area contributed by atoms with Gasteiger partial charge in [-0.25, -0.2) is 0 Å². The van der Waals surface area contributed by atoms with Gasteiger partial charge in [0, 0.05) is 37.3 Å². The topological polar surface area (TPSA) is 23.6 Å². The number of piperidine rings is 1. The number of hydrogen-bond donors (Lipinski definition) is 0. The first-order valence-electron chi connectivity index (χ1n) is 10.9. The van der Waals surface area contributed by atoms with E-state index in [-0.39, 0.29) is 0 Å². The lowest BCUT2D eigenvalue weighted by Crippen LogP contribution is -2.49. The number of amides is 1. The first-order chi connectivity index (χ1) is 12.7. The maximum atomic E-state index is 13.0. The second kappa shape index (κ2) is 6.58. The Morgan fingerprint density at radius 1 is 0.923 bits per heavy atom. The van der Waals surface area contributed by atoms with Gasteiger partial charge in [0.2, 0.25) is 5.91 Å². The van der Waals surface area contributed by atoms with Crippen LogP contribution < -0.4 is 4.90 Å². The Morgan fingerprint density at radius 2 is 1.65 bits per heavy atom. The fraction of sp³-hybridized carbons (Fsp3) is 0.696. The van der Waals surface area contributed by atoms with E-state index in [0.717, 1.165) is 45.3 Å². The van der Waals surface area contributed by atoms with Crippen LogP contribution in [0.15, 0.2) is 24.3 Å². The minimum atomic E-state index is 0.324. The largest absolute Gasteiger partial charge is 0.368 e. The summed E-state index contributed by atoms with van der Waals surface area (Å²) < 4.78 is 0. The van der Waals surface area contributed by atoms with E-state index in [4.69, 9.17) is 0 Å². The van der Waals surface area contributed by atoms with Crippen molar-refractivity contribution in [1.29, 1.82) is 0 Å². The SMILES string of the molecule is O=C(C1CCC2(CCC2)CC1)N1CCC(N2CCc3ccccc32)CC1. The predicted molar refractivity (Wildman–Crippen MR) is 105 cm³/mol. The normalized spacial score (nSPS) is 26.0. The van der Waals surface area contributed by atoms with Crippen LogP contribution in [0.4, 0.5) is 5.69 Å². The summed E-state index contributed by atoms with van der Waals surface area (Å²) in [6.07, 6.45) is 12.6. The lowest BCUT2D eigenvalue weighted by atomic mass is 9.59. The monoisotopic (exact) mass is 352 g/mol. The highest BCUT2D eigenvalue weighted by molar-refractivity contribution is 5.79. The van der Waals surface area contributed by atoms with Crippen molar-refractivity contribution in [2.24, 2.45) is 11.3 Å². The number of fused-ring (bicyclic) bond motifs is 1. The van der Waals surface area contributed by atoms with E-state index >= 15 is 0 Å². The van der Waals surface area contributed by atoms with Crippen molar-refractivity contribution in [3.8, 4) is 0 Å². The first kappa shape index (κ1) is 16.6. The molecule has 1 saturated heterocycles. The number of carbonyl (C=O) groups is 1. The quantitative estimate of drug-likeness (QED) is 0.787. The first-order valence-corrected chi connectivity index (χ1v) is 10.9. The Balaban J connectivity index is 1.16. The third-order valence-corrected chi connectivity index (χ3v) is 7.95. The molecule has 0 bridgehead atoms. The molecule has 1 amide bonds. The maximum Gasteiger partial charge on any atom is 0.225 e. The number of anilines is 1. The summed E-state index contributed by atoms with van der Waals surface area (Å²) in [6.45, 7) is 3.08. The van der Waals surface area contributed by atoms with Gasteiger partial charge in [0.1, 0.15) is 0 Å². The highest BCUT2D eigenvalue weighted by Gasteiger charge is 2.42. The van der Waals surface area contributed by atoms with Gasteiger partial charge in [-0.3, -0.25) is 4.79 Å². The molecule has 1 aromatic carbocycles. The fourth-order valence-corrected chi connectivity index (χ4v) is 6.05. The highest BCUT2D eigenvalue weighted by Crippen LogP contribution is 2.52. The second-order valence-electron chi connectivity index (χ2n) is 9.26. The van der Waals surface area contributed by atoms with Gasteiger partial charge in [-0.15, -0.1) is 0 Å². The van der Waals surface area contributed by atoms with E-state index < -0.39 is 0 Å². The maximum absolute atomic E-state index is 13.0. The molecule has 5 rings (SSSR count). The number of likely N-dealkylation sites (tertiary alicyclic amines) is 1. The predicted octanol–water partition coefficient (Wildman–Crippen LogP) is 4.40. The van der Waals surface area contributed by atoms with Gasteiger partial charge in [-0.05, 0) is 74.8 Å². The van der Waals surface area contributed by atoms with Gasteiger partial charge in [-0.1, -0.05) is 24.6 Å². The van der Waals surface area contributed by atoms with Crippen molar-refractivity contribution in [2.45, 2.75) is 70.3 Å². The van der Waals surface area contributed by atoms with Crippen molar-refractivity contribution in [2.75, 3.05) is 24.5 Å². The molecule has 26 heavy (non-hydrogen) atoms. The summed E-state index contributed by atoms with van der Waals surface area (Å²) >= 11 is 0. The van der Waals surface area contributed by atoms with Crippen LogP contribution in [0.5, 0.6) is 0 Å². The minimum absolute atomic E-state index is 0.324. The standard InChI is InChI=1S/C23H32N2O/c26-22(19-6-13-23(14-7-19)11-3-12-23)24-15-9-20(10-16-24)25-17-8-18-4-1-2-5-21(18)25/h1-2,4-5,19-20H,3,6-17H2. The molecule has 2 aliphatic carbocycles. The molecule has 0 atom stereocenters. The fourth-order valence-electron chi connectivity index (χ4n) is 6.05. The zero-order valence-electron chi connectivity index (χ0n) is 16.0. The second-order valence-corrected chi connectivity index (χ2v) is 9.26. The van der Waals surface area contributed by atoms with Crippen LogP contribution in [0.1, 0.15) is 63.4 Å². The summed E-state index contributed by atoms with van der Waals surface area (Å²) in [7, 11) is 0. The lowest BCUT2D eigenvalue weighted by Gasteiger charge is -2.47. The van der Waals surface area contributed by atoms with Crippen LogP contribution in [0.3, 0.4) is 0 Å². The molecule has 1 aromatic rings. The molecule has 2 saturated carbocycles. The lowest BCUT2D eigenvalue weighted by molar-refractivity contribution is -0.139. The number of para-hydroxylation sites is 1. The summed E-state index contributed by atoms with van der Waals surface area (Å²) in [4.78, 5) is 17.8. The molecular formula is C23H32N2O. The molecule has 3 fully saturated rings. The molecule has 4 aliphatic rings. The van der Waals surface area contributed by atoms with E-state index in [1.165, 1.54) is 49.8 Å². The van der Waals surface area contributed by atoms with Crippen LogP contribution in [-0.2, 0) is 11.2 Å². The van der Waals surface area contributed by atoms with Gasteiger partial charge in [0.15, 0.2) is 0 Å². The molecule has 0 N–H and O–H groups in total. The Labute approximate surface area is 157 Å². The Kier molecular flexibility index (Phi) is 4.21. The summed E-state index contributed by atoms with van der Waals surface area (Å²) in [5.74, 6) is 0.796. The number of benzene rings is 1. The average Bonchev–Trinajstić information content (AvgIpc) is 3.11.